The molecule has 0 spiro atoms. The fraction of sp³-hybridized carbons (Fsp3) is 0.200. The lowest BCUT2D eigenvalue weighted by molar-refractivity contribution is 0.171. The van der Waals surface area contributed by atoms with Gasteiger partial charge in [0.15, 0.2) is 0 Å². The summed E-state index contributed by atoms with van der Waals surface area (Å²) in [5, 5.41) is 10.3. The molecule has 0 heterocycles. The van der Waals surface area contributed by atoms with E-state index in [4.69, 9.17) is 4.74 Å². The molecule has 1 N–H and O–H groups in total. The third kappa shape index (κ3) is 3.40. The van der Waals surface area contributed by atoms with Crippen molar-refractivity contribution in [3.63, 3.8) is 0 Å². The average Bonchev–Trinajstić information content (AvgIpc) is 2.38. The van der Waals surface area contributed by atoms with Crippen LogP contribution in [0.15, 0.2) is 45.3 Å². The molecule has 2 rings (SSSR count). The Hall–Kier alpha value is -0.910. The van der Waals surface area contributed by atoms with Gasteiger partial charge in [-0.25, -0.2) is 4.39 Å². The van der Waals surface area contributed by atoms with Gasteiger partial charge < -0.3 is 9.84 Å². The molecular formula is C15H13Br2FO2. The molecule has 0 aliphatic rings. The van der Waals surface area contributed by atoms with E-state index in [0.717, 1.165) is 10.0 Å². The zero-order valence-electron chi connectivity index (χ0n) is 10.7. The number of aliphatic hydroxyl groups is 1. The third-order valence-corrected chi connectivity index (χ3v) is 4.17. The molecule has 0 bridgehead atoms. The van der Waals surface area contributed by atoms with Gasteiger partial charge in [-0.2, -0.15) is 0 Å². The maximum atomic E-state index is 13.8. The summed E-state index contributed by atoms with van der Waals surface area (Å²) in [5.41, 5.74) is 1.07. The molecule has 0 amide bonds. The largest absolute Gasteiger partial charge is 0.496 e. The third-order valence-electron chi connectivity index (χ3n) is 2.99. The molecule has 2 nitrogen and oxygen atoms in total. The highest BCUT2D eigenvalue weighted by atomic mass is 79.9. The van der Waals surface area contributed by atoms with Crippen molar-refractivity contribution in [2.75, 3.05) is 7.11 Å². The number of halogens is 3. The van der Waals surface area contributed by atoms with Gasteiger partial charge in [0.05, 0.1) is 13.2 Å². The first-order chi connectivity index (χ1) is 9.52. The molecule has 106 valence electrons. The molecule has 0 radical (unpaired) electrons. The fourth-order valence-electron chi connectivity index (χ4n) is 2.05. The lowest BCUT2D eigenvalue weighted by Gasteiger charge is -2.16. The zero-order chi connectivity index (χ0) is 14.7. The summed E-state index contributed by atoms with van der Waals surface area (Å²) >= 11 is 6.65. The lowest BCUT2D eigenvalue weighted by atomic mass is 10.0. The minimum Gasteiger partial charge on any atom is -0.496 e. The van der Waals surface area contributed by atoms with E-state index in [9.17, 15) is 9.50 Å². The highest BCUT2D eigenvalue weighted by Gasteiger charge is 2.18. The summed E-state index contributed by atoms with van der Waals surface area (Å²) < 4.78 is 20.5. The zero-order valence-corrected chi connectivity index (χ0v) is 13.9. The van der Waals surface area contributed by atoms with Crippen molar-refractivity contribution in [1.82, 2.24) is 0 Å². The van der Waals surface area contributed by atoms with Gasteiger partial charge in [0.2, 0.25) is 0 Å². The number of hydrogen-bond acceptors (Lipinski definition) is 2. The Kier molecular flexibility index (Phi) is 5.18. The molecule has 0 saturated heterocycles. The number of hydrogen-bond donors (Lipinski definition) is 1. The maximum absolute atomic E-state index is 13.8. The van der Waals surface area contributed by atoms with Crippen LogP contribution >= 0.6 is 31.9 Å². The van der Waals surface area contributed by atoms with Crippen LogP contribution in [0, 0.1) is 5.82 Å². The van der Waals surface area contributed by atoms with Crippen LogP contribution in [-0.2, 0) is 6.42 Å². The lowest BCUT2D eigenvalue weighted by Crippen LogP contribution is -2.06. The standard InChI is InChI=1S/C15H13Br2FO2/c1-20-14-6-5-10(16)7-9(14)8-13(19)15-11(17)3-2-4-12(15)18/h2-7,13,19H,8H2,1H3. The molecule has 0 fully saturated rings. The van der Waals surface area contributed by atoms with E-state index in [1.807, 2.05) is 18.2 Å². The molecule has 20 heavy (non-hydrogen) atoms. The smallest absolute Gasteiger partial charge is 0.130 e. The second-order valence-corrected chi connectivity index (χ2v) is 6.08. The van der Waals surface area contributed by atoms with Gasteiger partial charge in [-0.1, -0.05) is 37.9 Å². The summed E-state index contributed by atoms with van der Waals surface area (Å²) in [4.78, 5) is 0. The van der Waals surface area contributed by atoms with Gasteiger partial charge in [0, 0.05) is 20.9 Å². The summed E-state index contributed by atoms with van der Waals surface area (Å²) in [6, 6.07) is 10.2. The summed E-state index contributed by atoms with van der Waals surface area (Å²) in [6.07, 6.45) is -0.684. The van der Waals surface area contributed by atoms with Crippen molar-refractivity contribution >= 4 is 31.9 Å². The van der Waals surface area contributed by atoms with E-state index in [1.165, 1.54) is 6.07 Å². The number of methoxy groups -OCH3 is 1. The van der Waals surface area contributed by atoms with Crippen LogP contribution in [0.2, 0.25) is 0 Å². The number of aliphatic hydroxyl groups excluding tert-OH is 1. The van der Waals surface area contributed by atoms with Gasteiger partial charge in [0.1, 0.15) is 11.6 Å². The average molecular weight is 404 g/mol. The van der Waals surface area contributed by atoms with Gasteiger partial charge in [-0.3, -0.25) is 0 Å². The Morgan fingerprint density at radius 2 is 2.00 bits per heavy atom. The van der Waals surface area contributed by atoms with E-state index >= 15 is 0 Å². The van der Waals surface area contributed by atoms with Crippen molar-refractivity contribution in [3.8, 4) is 5.75 Å². The van der Waals surface area contributed by atoms with E-state index in [-0.39, 0.29) is 12.0 Å². The Bertz CT molecular complexity index is 597. The monoisotopic (exact) mass is 402 g/mol. The van der Waals surface area contributed by atoms with Crippen LogP contribution < -0.4 is 4.74 Å². The number of rotatable bonds is 4. The summed E-state index contributed by atoms with van der Waals surface area (Å²) in [7, 11) is 1.57. The van der Waals surface area contributed by atoms with Crippen LogP contribution in [0.25, 0.3) is 0 Å². The van der Waals surface area contributed by atoms with Crippen LogP contribution in [0.5, 0.6) is 5.75 Å². The summed E-state index contributed by atoms with van der Waals surface area (Å²) in [5.74, 6) is 0.237. The summed E-state index contributed by atoms with van der Waals surface area (Å²) in [6.45, 7) is 0. The second kappa shape index (κ2) is 6.70. The van der Waals surface area contributed by atoms with Crippen molar-refractivity contribution < 1.29 is 14.2 Å². The van der Waals surface area contributed by atoms with Gasteiger partial charge >= 0.3 is 0 Å². The molecule has 2 aromatic carbocycles. The minimum atomic E-state index is -0.950. The highest BCUT2D eigenvalue weighted by molar-refractivity contribution is 9.10. The number of benzene rings is 2. The van der Waals surface area contributed by atoms with E-state index < -0.39 is 11.9 Å². The van der Waals surface area contributed by atoms with Crippen molar-refractivity contribution in [1.29, 1.82) is 0 Å². The SMILES string of the molecule is COc1ccc(Br)cc1CC(O)c1c(F)cccc1Br. The van der Waals surface area contributed by atoms with Crippen LogP contribution in [-0.4, -0.2) is 12.2 Å². The minimum absolute atomic E-state index is 0.259. The van der Waals surface area contributed by atoms with Crippen molar-refractivity contribution in [2.24, 2.45) is 0 Å². The van der Waals surface area contributed by atoms with Crippen LogP contribution in [0.3, 0.4) is 0 Å². The highest BCUT2D eigenvalue weighted by Crippen LogP contribution is 2.32. The molecule has 5 heteroatoms. The molecule has 0 aromatic heterocycles. The van der Waals surface area contributed by atoms with Gasteiger partial charge in [-0.05, 0) is 35.9 Å². The van der Waals surface area contributed by atoms with E-state index in [1.54, 1.807) is 19.2 Å². The van der Waals surface area contributed by atoms with E-state index in [0.29, 0.717) is 10.2 Å². The van der Waals surface area contributed by atoms with Crippen LogP contribution in [0.4, 0.5) is 4.39 Å². The molecule has 1 unspecified atom stereocenters. The maximum Gasteiger partial charge on any atom is 0.130 e. The predicted molar refractivity (Wildman–Crippen MR) is 83.5 cm³/mol. The first-order valence-corrected chi connectivity index (χ1v) is 7.56. The second-order valence-electron chi connectivity index (χ2n) is 4.31. The van der Waals surface area contributed by atoms with Crippen molar-refractivity contribution in [2.45, 2.75) is 12.5 Å². The predicted octanol–water partition coefficient (Wildman–Crippen LogP) is 4.64. The normalized spacial score (nSPS) is 12.2. The Morgan fingerprint density at radius 1 is 1.25 bits per heavy atom. The number of ether oxygens (including phenoxy) is 1. The Morgan fingerprint density at radius 3 is 2.65 bits per heavy atom. The molecule has 0 aliphatic heterocycles. The molecule has 0 aliphatic carbocycles. The topological polar surface area (TPSA) is 29.5 Å². The molecule has 2 aromatic rings. The van der Waals surface area contributed by atoms with Crippen molar-refractivity contribution in [3.05, 3.63) is 62.3 Å². The van der Waals surface area contributed by atoms with E-state index in [2.05, 4.69) is 31.9 Å². The van der Waals surface area contributed by atoms with Gasteiger partial charge in [0.25, 0.3) is 0 Å². The quantitative estimate of drug-likeness (QED) is 0.805. The first-order valence-electron chi connectivity index (χ1n) is 5.97. The fourth-order valence-corrected chi connectivity index (χ4v) is 3.06. The molecule has 0 saturated carbocycles. The Balaban J connectivity index is 2.32. The van der Waals surface area contributed by atoms with Gasteiger partial charge in [-0.15, -0.1) is 0 Å². The Labute approximate surface area is 133 Å². The van der Waals surface area contributed by atoms with Crippen LogP contribution in [0.1, 0.15) is 17.2 Å². The molecule has 1 atom stereocenters. The first kappa shape index (κ1) is 15.5. The molecular weight excluding hydrogens is 391 g/mol.